The van der Waals surface area contributed by atoms with Gasteiger partial charge in [0.25, 0.3) is 0 Å². The fourth-order valence-electron chi connectivity index (χ4n) is 4.55. The molecular weight excluding hydrogens is 516 g/mol. The van der Waals surface area contributed by atoms with Gasteiger partial charge in [0, 0.05) is 24.5 Å². The number of ether oxygens (including phenoxy) is 2. The van der Waals surface area contributed by atoms with E-state index < -0.39 is 31.1 Å². The van der Waals surface area contributed by atoms with Crippen LogP contribution in [0.1, 0.15) is 31.3 Å². The number of anilines is 1. The van der Waals surface area contributed by atoms with Crippen LogP contribution in [0.15, 0.2) is 30.6 Å². The number of benzene rings is 1. The highest BCUT2D eigenvalue weighted by Gasteiger charge is 2.44. The van der Waals surface area contributed by atoms with Crippen LogP contribution in [0.2, 0.25) is 5.02 Å². The maximum Gasteiger partial charge on any atom is 0.415 e. The summed E-state index contributed by atoms with van der Waals surface area (Å²) < 4.78 is 12.4. The monoisotopic (exact) mass is 542 g/mol. The maximum atomic E-state index is 12.4. The molecule has 0 bridgehead atoms. The predicted molar refractivity (Wildman–Crippen MR) is 136 cm³/mol. The molecule has 2 saturated heterocycles. The molecule has 0 radical (unpaired) electrons. The van der Waals surface area contributed by atoms with E-state index in [0.717, 1.165) is 12.8 Å². The molecule has 3 aromatic rings. The summed E-state index contributed by atoms with van der Waals surface area (Å²) in [6, 6.07) is 6.64. The van der Waals surface area contributed by atoms with E-state index in [1.54, 1.807) is 29.2 Å². The van der Waals surface area contributed by atoms with Gasteiger partial charge in [-0.05, 0) is 48.9 Å². The van der Waals surface area contributed by atoms with Crippen molar-refractivity contribution in [3.8, 4) is 17.6 Å². The molecule has 4 atom stereocenters. The number of carbonyl (C=O) groups is 1. The zero-order valence-electron chi connectivity index (χ0n) is 20.3. The summed E-state index contributed by atoms with van der Waals surface area (Å²) in [7, 11) is 0. The molecule has 2 aliphatic heterocycles. The highest BCUT2D eigenvalue weighted by molar-refractivity contribution is 6.30. The fourth-order valence-corrected chi connectivity index (χ4v) is 4.68. The van der Waals surface area contributed by atoms with Gasteiger partial charge in [0.05, 0.1) is 12.9 Å². The quantitative estimate of drug-likeness (QED) is 0.353. The Bertz CT molecular complexity index is 1360. The number of amides is 1. The number of imidazole rings is 1. The number of rotatable bonds is 4. The summed E-state index contributed by atoms with van der Waals surface area (Å²) in [4.78, 5) is 27.0. The number of piperidine rings is 1. The zero-order valence-corrected chi connectivity index (χ0v) is 21.0. The lowest BCUT2D eigenvalue weighted by molar-refractivity contribution is -0.0511. The SMILES string of the molecule is Nc1nc(C#CCC2CCN(C(=O)Oc3ccc(Cl)cc3)CC2)nc2c1ncn2[C@@H]1O[C@H](CO)C(O)C1O. The number of likely N-dealkylation sites (tertiary alicyclic amines) is 1. The second kappa shape index (κ2) is 11.1. The highest BCUT2D eigenvalue weighted by Crippen LogP contribution is 2.32. The number of nitrogen functional groups attached to an aromatic ring is 1. The van der Waals surface area contributed by atoms with E-state index in [0.29, 0.717) is 47.4 Å². The van der Waals surface area contributed by atoms with Crippen LogP contribution in [0.25, 0.3) is 11.2 Å². The van der Waals surface area contributed by atoms with Gasteiger partial charge in [-0.3, -0.25) is 4.57 Å². The molecule has 2 fully saturated rings. The predicted octanol–water partition coefficient (Wildman–Crippen LogP) is 1.33. The number of aliphatic hydroxyl groups is 3. The Balaban J connectivity index is 1.20. The molecule has 5 N–H and O–H groups in total. The minimum absolute atomic E-state index is 0.123. The van der Waals surface area contributed by atoms with Crippen LogP contribution in [0.4, 0.5) is 10.6 Å². The van der Waals surface area contributed by atoms with Crippen LogP contribution in [-0.2, 0) is 4.74 Å². The summed E-state index contributed by atoms with van der Waals surface area (Å²) in [5.74, 6) is 7.10. The van der Waals surface area contributed by atoms with Gasteiger partial charge in [0.2, 0.25) is 5.82 Å². The Morgan fingerprint density at radius 2 is 1.92 bits per heavy atom. The zero-order chi connectivity index (χ0) is 26.8. The number of fused-ring (bicyclic) bond motifs is 1. The average Bonchev–Trinajstić information content (AvgIpc) is 3.46. The third-order valence-electron chi connectivity index (χ3n) is 6.72. The average molecular weight is 543 g/mol. The number of aliphatic hydroxyl groups excluding tert-OH is 3. The molecule has 0 saturated carbocycles. The standard InChI is InChI=1S/C25H27ClN6O6/c26-15-4-6-16(7-5-15)37-25(36)31-10-8-14(9-11-31)2-1-3-18-29-22(27)19-23(30-18)32(13-28-19)24-21(35)20(34)17(12-33)38-24/h4-7,13-14,17,20-21,24,33-35H,2,8-12H2,(H2,27,29,30)/t17-,20?,21?,24-/m1/s1. The summed E-state index contributed by atoms with van der Waals surface area (Å²) >= 11 is 5.87. The van der Waals surface area contributed by atoms with Crippen LogP contribution in [0.3, 0.4) is 0 Å². The molecule has 38 heavy (non-hydrogen) atoms. The molecule has 1 amide bonds. The second-order valence-electron chi connectivity index (χ2n) is 9.24. The largest absolute Gasteiger partial charge is 0.415 e. The third-order valence-corrected chi connectivity index (χ3v) is 6.97. The van der Waals surface area contributed by atoms with Crippen molar-refractivity contribution in [2.24, 2.45) is 5.92 Å². The number of halogens is 1. The number of carbonyl (C=O) groups excluding carboxylic acids is 1. The van der Waals surface area contributed by atoms with E-state index >= 15 is 0 Å². The molecule has 2 aliphatic rings. The highest BCUT2D eigenvalue weighted by atomic mass is 35.5. The van der Waals surface area contributed by atoms with Crippen LogP contribution in [0.5, 0.6) is 5.75 Å². The van der Waals surface area contributed by atoms with Crippen LogP contribution < -0.4 is 10.5 Å². The topological polar surface area (TPSA) is 169 Å². The molecule has 13 heteroatoms. The van der Waals surface area contributed by atoms with Crippen molar-refractivity contribution in [3.05, 3.63) is 41.4 Å². The number of hydrogen-bond acceptors (Lipinski definition) is 10. The van der Waals surface area contributed by atoms with Crippen molar-refractivity contribution >= 4 is 34.7 Å². The molecule has 2 unspecified atom stereocenters. The van der Waals surface area contributed by atoms with Crippen molar-refractivity contribution in [2.75, 3.05) is 25.4 Å². The molecule has 1 aromatic carbocycles. The van der Waals surface area contributed by atoms with E-state index in [9.17, 15) is 20.1 Å². The Labute approximate surface area is 223 Å². The van der Waals surface area contributed by atoms with E-state index in [1.165, 1.54) is 10.9 Å². The minimum Gasteiger partial charge on any atom is -0.410 e. The molecule has 12 nitrogen and oxygen atoms in total. The molecular formula is C25H27ClN6O6. The van der Waals surface area contributed by atoms with E-state index in [2.05, 4.69) is 26.8 Å². The van der Waals surface area contributed by atoms with Crippen LogP contribution >= 0.6 is 11.6 Å². The first kappa shape index (κ1) is 26.1. The Morgan fingerprint density at radius 3 is 2.61 bits per heavy atom. The van der Waals surface area contributed by atoms with Crippen LogP contribution in [-0.4, -0.2) is 83.8 Å². The fraction of sp³-hybridized carbons (Fsp3) is 0.440. The van der Waals surface area contributed by atoms with Gasteiger partial charge < -0.3 is 35.4 Å². The van der Waals surface area contributed by atoms with Crippen molar-refractivity contribution < 1.29 is 29.6 Å². The first-order valence-electron chi connectivity index (χ1n) is 12.2. The van der Waals surface area contributed by atoms with E-state index in [1.807, 2.05) is 0 Å². The van der Waals surface area contributed by atoms with Crippen molar-refractivity contribution in [1.29, 1.82) is 0 Å². The third kappa shape index (κ3) is 5.38. The van der Waals surface area contributed by atoms with Gasteiger partial charge in [-0.15, -0.1) is 0 Å². The molecule has 2 aromatic heterocycles. The van der Waals surface area contributed by atoms with Gasteiger partial charge >= 0.3 is 6.09 Å². The van der Waals surface area contributed by atoms with Crippen molar-refractivity contribution in [2.45, 2.75) is 43.8 Å². The number of nitrogens with zero attached hydrogens (tertiary/aromatic N) is 5. The number of nitrogens with two attached hydrogens (primary N) is 1. The number of hydrogen-bond donors (Lipinski definition) is 4. The normalized spacial score (nSPS) is 23.8. The van der Waals surface area contributed by atoms with Gasteiger partial charge in [-0.1, -0.05) is 17.5 Å². The van der Waals surface area contributed by atoms with Gasteiger partial charge in [0.15, 0.2) is 17.7 Å². The van der Waals surface area contributed by atoms with Crippen molar-refractivity contribution in [1.82, 2.24) is 24.4 Å². The lowest BCUT2D eigenvalue weighted by Crippen LogP contribution is -2.40. The van der Waals surface area contributed by atoms with Crippen LogP contribution in [0, 0.1) is 17.8 Å². The molecule has 4 heterocycles. The maximum absolute atomic E-state index is 12.4. The number of aromatic nitrogens is 4. The van der Waals surface area contributed by atoms with E-state index in [-0.39, 0.29) is 17.7 Å². The summed E-state index contributed by atoms with van der Waals surface area (Å²) in [5, 5.41) is 30.4. The van der Waals surface area contributed by atoms with Gasteiger partial charge in [-0.25, -0.2) is 19.7 Å². The van der Waals surface area contributed by atoms with Gasteiger partial charge in [0.1, 0.15) is 29.6 Å². The summed E-state index contributed by atoms with van der Waals surface area (Å²) in [6.45, 7) is 0.688. The second-order valence-corrected chi connectivity index (χ2v) is 9.68. The Morgan fingerprint density at radius 1 is 1.18 bits per heavy atom. The minimum atomic E-state index is -1.29. The Hall–Kier alpha value is -3.47. The molecule has 5 rings (SSSR count). The first-order chi connectivity index (χ1) is 18.3. The van der Waals surface area contributed by atoms with Gasteiger partial charge in [-0.2, -0.15) is 0 Å². The smallest absolute Gasteiger partial charge is 0.410 e. The molecule has 0 aliphatic carbocycles. The molecule has 0 spiro atoms. The Kier molecular flexibility index (Phi) is 7.64. The first-order valence-corrected chi connectivity index (χ1v) is 12.6. The summed E-state index contributed by atoms with van der Waals surface area (Å²) in [6.07, 6.45) is -1.32. The molecule has 200 valence electrons. The summed E-state index contributed by atoms with van der Waals surface area (Å²) in [5.41, 5.74) is 6.67. The lowest BCUT2D eigenvalue weighted by Gasteiger charge is -2.30. The lowest BCUT2D eigenvalue weighted by atomic mass is 9.94. The van der Waals surface area contributed by atoms with Crippen molar-refractivity contribution in [3.63, 3.8) is 0 Å². The van der Waals surface area contributed by atoms with E-state index in [4.69, 9.17) is 26.8 Å².